The molecule has 2 heterocycles. The molecule has 118 valence electrons. The molecule has 1 fully saturated rings. The van der Waals surface area contributed by atoms with Gasteiger partial charge in [0.15, 0.2) is 0 Å². The number of rotatable bonds is 7. The molecule has 0 spiro atoms. The standard InChI is InChI=1S/C17H28N2OS/c1-3-15(4-2)17(20)18-11-14-7-5-9-19(12-14)13-16-8-6-10-21-16/h6,8,10,14-15H,3-5,7,9,11-13H2,1-2H3,(H,18,20). The minimum atomic E-state index is 0.191. The van der Waals surface area contributed by atoms with Gasteiger partial charge in [-0.05, 0) is 49.6 Å². The van der Waals surface area contributed by atoms with Gasteiger partial charge in [-0.1, -0.05) is 19.9 Å². The summed E-state index contributed by atoms with van der Waals surface area (Å²) in [5, 5.41) is 5.32. The fourth-order valence-electron chi connectivity index (χ4n) is 3.13. The van der Waals surface area contributed by atoms with Crippen LogP contribution in [0.3, 0.4) is 0 Å². The lowest BCUT2D eigenvalue weighted by molar-refractivity contribution is -0.125. The average molecular weight is 308 g/mol. The molecule has 1 aliphatic heterocycles. The highest BCUT2D eigenvalue weighted by molar-refractivity contribution is 7.09. The first-order valence-corrected chi connectivity index (χ1v) is 9.13. The molecule has 1 aliphatic rings. The van der Waals surface area contributed by atoms with Crippen LogP contribution in [0, 0.1) is 11.8 Å². The highest BCUT2D eigenvalue weighted by atomic mass is 32.1. The van der Waals surface area contributed by atoms with Gasteiger partial charge < -0.3 is 5.32 Å². The summed E-state index contributed by atoms with van der Waals surface area (Å²) >= 11 is 1.83. The van der Waals surface area contributed by atoms with E-state index < -0.39 is 0 Å². The van der Waals surface area contributed by atoms with E-state index in [2.05, 4.69) is 41.6 Å². The summed E-state index contributed by atoms with van der Waals surface area (Å²) in [6, 6.07) is 4.33. The van der Waals surface area contributed by atoms with Crippen molar-refractivity contribution in [3.8, 4) is 0 Å². The van der Waals surface area contributed by atoms with Crippen LogP contribution in [0.2, 0.25) is 0 Å². The number of carbonyl (C=O) groups excluding carboxylic acids is 1. The Morgan fingerprint density at radius 1 is 1.48 bits per heavy atom. The molecule has 1 amide bonds. The molecule has 2 rings (SSSR count). The van der Waals surface area contributed by atoms with Gasteiger partial charge in [0.25, 0.3) is 0 Å². The fraction of sp³-hybridized carbons (Fsp3) is 0.706. The Labute approximate surface area is 132 Å². The monoisotopic (exact) mass is 308 g/mol. The number of nitrogens with zero attached hydrogens (tertiary/aromatic N) is 1. The Hall–Kier alpha value is -0.870. The average Bonchev–Trinajstić information content (AvgIpc) is 3.00. The third kappa shape index (κ3) is 5.11. The molecule has 4 heteroatoms. The first-order chi connectivity index (χ1) is 10.2. The third-order valence-corrected chi connectivity index (χ3v) is 5.35. The first kappa shape index (κ1) is 16.5. The molecule has 0 bridgehead atoms. The molecule has 0 aliphatic carbocycles. The van der Waals surface area contributed by atoms with E-state index >= 15 is 0 Å². The summed E-state index contributed by atoms with van der Waals surface area (Å²) in [5.41, 5.74) is 0. The topological polar surface area (TPSA) is 32.3 Å². The molecule has 1 aromatic rings. The summed E-state index contributed by atoms with van der Waals surface area (Å²) in [5.74, 6) is 1.04. The molecule has 1 aromatic heterocycles. The molecule has 21 heavy (non-hydrogen) atoms. The van der Waals surface area contributed by atoms with Crippen molar-refractivity contribution in [1.82, 2.24) is 10.2 Å². The summed E-state index contributed by atoms with van der Waals surface area (Å²) in [7, 11) is 0. The molecule has 3 nitrogen and oxygen atoms in total. The van der Waals surface area contributed by atoms with E-state index in [0.717, 1.165) is 32.5 Å². The molecule has 1 unspecified atom stereocenters. The second-order valence-electron chi connectivity index (χ2n) is 6.08. The molecule has 0 radical (unpaired) electrons. The van der Waals surface area contributed by atoms with Crippen LogP contribution < -0.4 is 5.32 Å². The van der Waals surface area contributed by atoms with Crippen LogP contribution in [0.1, 0.15) is 44.4 Å². The number of piperidine rings is 1. The smallest absolute Gasteiger partial charge is 0.223 e. The van der Waals surface area contributed by atoms with Gasteiger partial charge in [0.1, 0.15) is 0 Å². The van der Waals surface area contributed by atoms with E-state index in [0.29, 0.717) is 5.92 Å². The van der Waals surface area contributed by atoms with Crippen LogP contribution in [0.15, 0.2) is 17.5 Å². The van der Waals surface area contributed by atoms with Gasteiger partial charge in [0.2, 0.25) is 5.91 Å². The van der Waals surface area contributed by atoms with Gasteiger partial charge in [-0.15, -0.1) is 11.3 Å². The zero-order valence-corrected chi connectivity index (χ0v) is 14.1. The molecular formula is C17H28N2OS. The molecule has 0 saturated carbocycles. The predicted molar refractivity (Wildman–Crippen MR) is 89.4 cm³/mol. The number of hydrogen-bond donors (Lipinski definition) is 1. The van der Waals surface area contributed by atoms with Gasteiger partial charge in [-0.2, -0.15) is 0 Å². The van der Waals surface area contributed by atoms with Crippen LogP contribution in [-0.4, -0.2) is 30.4 Å². The number of amides is 1. The minimum Gasteiger partial charge on any atom is -0.356 e. The molecule has 1 atom stereocenters. The van der Waals surface area contributed by atoms with Gasteiger partial charge in [0.05, 0.1) is 0 Å². The van der Waals surface area contributed by atoms with Crippen molar-refractivity contribution in [2.75, 3.05) is 19.6 Å². The van der Waals surface area contributed by atoms with E-state index in [1.54, 1.807) is 0 Å². The van der Waals surface area contributed by atoms with Crippen LogP contribution in [-0.2, 0) is 11.3 Å². The number of thiophene rings is 1. The fourth-order valence-corrected chi connectivity index (χ4v) is 3.88. The molecule has 1 saturated heterocycles. The van der Waals surface area contributed by atoms with Crippen molar-refractivity contribution >= 4 is 17.2 Å². The Bertz CT molecular complexity index is 414. The lowest BCUT2D eigenvalue weighted by Gasteiger charge is -2.32. The van der Waals surface area contributed by atoms with Crippen molar-refractivity contribution in [3.05, 3.63) is 22.4 Å². The van der Waals surface area contributed by atoms with Crippen LogP contribution in [0.5, 0.6) is 0 Å². The maximum atomic E-state index is 12.1. The quantitative estimate of drug-likeness (QED) is 0.836. The minimum absolute atomic E-state index is 0.191. The van der Waals surface area contributed by atoms with Crippen molar-refractivity contribution in [3.63, 3.8) is 0 Å². The second-order valence-corrected chi connectivity index (χ2v) is 7.11. The highest BCUT2D eigenvalue weighted by Gasteiger charge is 2.22. The number of carbonyl (C=O) groups is 1. The second kappa shape index (κ2) is 8.54. The maximum absolute atomic E-state index is 12.1. The van der Waals surface area contributed by atoms with Crippen molar-refractivity contribution < 1.29 is 4.79 Å². The Balaban J connectivity index is 1.75. The SMILES string of the molecule is CCC(CC)C(=O)NCC1CCCN(Cc2cccs2)C1. The van der Waals surface area contributed by atoms with Crippen molar-refractivity contribution in [1.29, 1.82) is 0 Å². The van der Waals surface area contributed by atoms with E-state index in [1.165, 1.54) is 24.3 Å². The van der Waals surface area contributed by atoms with E-state index in [1.807, 2.05) is 11.3 Å². The lowest BCUT2D eigenvalue weighted by Crippen LogP contribution is -2.41. The van der Waals surface area contributed by atoms with Crippen molar-refractivity contribution in [2.24, 2.45) is 11.8 Å². The maximum Gasteiger partial charge on any atom is 0.223 e. The molecule has 0 aromatic carbocycles. The Morgan fingerprint density at radius 2 is 2.29 bits per heavy atom. The van der Waals surface area contributed by atoms with Crippen LogP contribution >= 0.6 is 11.3 Å². The van der Waals surface area contributed by atoms with Gasteiger partial charge in [0, 0.05) is 30.4 Å². The lowest BCUT2D eigenvalue weighted by atomic mass is 9.97. The zero-order chi connectivity index (χ0) is 15.1. The largest absolute Gasteiger partial charge is 0.356 e. The normalized spacial score (nSPS) is 19.9. The highest BCUT2D eigenvalue weighted by Crippen LogP contribution is 2.20. The summed E-state index contributed by atoms with van der Waals surface area (Å²) in [6.07, 6.45) is 4.37. The Morgan fingerprint density at radius 3 is 2.95 bits per heavy atom. The number of hydrogen-bond acceptors (Lipinski definition) is 3. The summed E-state index contributed by atoms with van der Waals surface area (Å²) in [4.78, 5) is 16.0. The summed E-state index contributed by atoms with van der Waals surface area (Å²) < 4.78 is 0. The van der Waals surface area contributed by atoms with Crippen LogP contribution in [0.25, 0.3) is 0 Å². The van der Waals surface area contributed by atoms with Gasteiger partial charge in [-0.3, -0.25) is 9.69 Å². The first-order valence-electron chi connectivity index (χ1n) is 8.25. The predicted octanol–water partition coefficient (Wildman–Crippen LogP) is 3.51. The van der Waals surface area contributed by atoms with Crippen molar-refractivity contribution in [2.45, 2.75) is 46.1 Å². The Kier molecular flexibility index (Phi) is 6.71. The number of nitrogens with one attached hydrogen (secondary N) is 1. The number of likely N-dealkylation sites (tertiary alicyclic amines) is 1. The summed E-state index contributed by atoms with van der Waals surface area (Å²) in [6.45, 7) is 8.40. The zero-order valence-electron chi connectivity index (χ0n) is 13.3. The van der Waals surface area contributed by atoms with E-state index in [4.69, 9.17) is 0 Å². The van der Waals surface area contributed by atoms with E-state index in [-0.39, 0.29) is 11.8 Å². The molecular weight excluding hydrogens is 280 g/mol. The molecule has 1 N–H and O–H groups in total. The van der Waals surface area contributed by atoms with Gasteiger partial charge >= 0.3 is 0 Å². The third-order valence-electron chi connectivity index (χ3n) is 4.48. The van der Waals surface area contributed by atoms with Gasteiger partial charge in [-0.25, -0.2) is 0 Å². The van der Waals surface area contributed by atoms with E-state index in [9.17, 15) is 4.79 Å². The van der Waals surface area contributed by atoms with Crippen LogP contribution in [0.4, 0.5) is 0 Å².